The number of aliphatic hydroxyl groups is 1. The normalized spacial score (nSPS) is 12.2. The topological polar surface area (TPSA) is 55.8 Å². The summed E-state index contributed by atoms with van der Waals surface area (Å²) in [6, 6.07) is 0. The van der Waals surface area contributed by atoms with Crippen LogP contribution in [0.5, 0.6) is 0 Å². The molecule has 42 heavy (non-hydrogen) atoms. The summed E-state index contributed by atoms with van der Waals surface area (Å²) in [5, 5.41) is 9.54. The highest BCUT2D eigenvalue weighted by atomic mass is 16.6. The fraction of sp³-hybridized carbons (Fsp3) is 0.974. The van der Waals surface area contributed by atoms with Crippen molar-refractivity contribution in [3.05, 3.63) is 0 Å². The molecule has 252 valence electrons. The fourth-order valence-corrected chi connectivity index (χ4v) is 5.80. The molecule has 0 heterocycles. The molecule has 1 unspecified atom stereocenters. The Kier molecular flexibility index (Phi) is 36.0. The lowest BCUT2D eigenvalue weighted by Crippen LogP contribution is -2.27. The van der Waals surface area contributed by atoms with Crippen LogP contribution < -0.4 is 0 Å². The molecule has 0 amide bonds. The van der Waals surface area contributed by atoms with Gasteiger partial charge in [-0.05, 0) is 12.8 Å². The van der Waals surface area contributed by atoms with E-state index in [-0.39, 0.29) is 12.6 Å². The first-order valence-corrected chi connectivity index (χ1v) is 19.1. The van der Waals surface area contributed by atoms with Crippen LogP contribution >= 0.6 is 0 Å². The van der Waals surface area contributed by atoms with Gasteiger partial charge in [0.05, 0.1) is 13.2 Å². The SMILES string of the molecule is CCCCCCCCCCCCCCCCCCCCCCOCC(CO)OC(=O)CCCCCCCCCCCC. The van der Waals surface area contributed by atoms with E-state index < -0.39 is 6.10 Å². The zero-order chi connectivity index (χ0) is 30.6. The van der Waals surface area contributed by atoms with Crippen LogP contribution in [0.25, 0.3) is 0 Å². The van der Waals surface area contributed by atoms with Gasteiger partial charge in [-0.2, -0.15) is 0 Å². The van der Waals surface area contributed by atoms with Crippen molar-refractivity contribution in [1.82, 2.24) is 0 Å². The number of unbranched alkanes of at least 4 members (excludes halogenated alkanes) is 28. The molecule has 0 aromatic rings. The molecule has 1 atom stereocenters. The van der Waals surface area contributed by atoms with Gasteiger partial charge in [-0.25, -0.2) is 0 Å². The van der Waals surface area contributed by atoms with Crippen LogP contribution in [-0.4, -0.2) is 37.0 Å². The summed E-state index contributed by atoms with van der Waals surface area (Å²) >= 11 is 0. The van der Waals surface area contributed by atoms with Crippen molar-refractivity contribution >= 4 is 5.97 Å². The third-order valence-corrected chi connectivity index (χ3v) is 8.68. The van der Waals surface area contributed by atoms with E-state index in [1.54, 1.807) is 0 Å². The highest BCUT2D eigenvalue weighted by Gasteiger charge is 2.13. The fourth-order valence-electron chi connectivity index (χ4n) is 5.80. The first-order valence-electron chi connectivity index (χ1n) is 19.1. The van der Waals surface area contributed by atoms with Crippen molar-refractivity contribution in [2.75, 3.05) is 19.8 Å². The summed E-state index contributed by atoms with van der Waals surface area (Å²) in [5.41, 5.74) is 0. The molecule has 1 N–H and O–H groups in total. The molecule has 4 nitrogen and oxygen atoms in total. The van der Waals surface area contributed by atoms with Crippen LogP contribution in [0.15, 0.2) is 0 Å². The Balaban J connectivity index is 3.33. The Morgan fingerprint density at radius 1 is 0.476 bits per heavy atom. The van der Waals surface area contributed by atoms with E-state index >= 15 is 0 Å². The van der Waals surface area contributed by atoms with Crippen molar-refractivity contribution in [2.45, 2.75) is 219 Å². The number of carbonyl (C=O) groups is 1. The number of carbonyl (C=O) groups excluding carboxylic acids is 1. The highest BCUT2D eigenvalue weighted by molar-refractivity contribution is 5.69. The Bertz CT molecular complexity index is 509. The maximum Gasteiger partial charge on any atom is 0.306 e. The third kappa shape index (κ3) is 33.9. The van der Waals surface area contributed by atoms with Crippen LogP contribution in [0.2, 0.25) is 0 Å². The Morgan fingerprint density at radius 2 is 0.786 bits per heavy atom. The maximum absolute atomic E-state index is 12.1. The average molecular weight is 597 g/mol. The van der Waals surface area contributed by atoms with Gasteiger partial charge in [0.2, 0.25) is 0 Å². The average Bonchev–Trinajstić information content (AvgIpc) is 3.00. The summed E-state index contributed by atoms with van der Waals surface area (Å²) in [6.45, 7) is 5.37. The van der Waals surface area contributed by atoms with E-state index in [4.69, 9.17) is 9.47 Å². The molecule has 0 radical (unpaired) electrons. The summed E-state index contributed by atoms with van der Waals surface area (Å²) < 4.78 is 11.1. The third-order valence-electron chi connectivity index (χ3n) is 8.68. The molecule has 0 fully saturated rings. The van der Waals surface area contributed by atoms with Crippen molar-refractivity contribution in [3.8, 4) is 0 Å². The van der Waals surface area contributed by atoms with E-state index in [0.29, 0.717) is 19.6 Å². The molecule has 0 saturated carbocycles. The zero-order valence-electron chi connectivity index (χ0n) is 28.8. The van der Waals surface area contributed by atoms with Gasteiger partial charge in [0.1, 0.15) is 6.10 Å². The molecule has 0 saturated heterocycles. The largest absolute Gasteiger partial charge is 0.457 e. The molecule has 0 bridgehead atoms. The van der Waals surface area contributed by atoms with Crippen molar-refractivity contribution < 1.29 is 19.4 Å². The minimum Gasteiger partial charge on any atom is -0.457 e. The molecule has 0 rings (SSSR count). The second-order valence-electron chi connectivity index (χ2n) is 13.0. The summed E-state index contributed by atoms with van der Waals surface area (Å²) in [6.07, 6.45) is 40.1. The first-order chi connectivity index (χ1) is 20.7. The number of rotatable bonds is 36. The van der Waals surface area contributed by atoms with Gasteiger partial charge in [-0.15, -0.1) is 0 Å². The van der Waals surface area contributed by atoms with E-state index in [2.05, 4.69) is 13.8 Å². The number of ether oxygens (including phenoxy) is 2. The van der Waals surface area contributed by atoms with E-state index in [1.165, 1.54) is 173 Å². The van der Waals surface area contributed by atoms with E-state index in [0.717, 1.165) is 19.3 Å². The monoisotopic (exact) mass is 597 g/mol. The van der Waals surface area contributed by atoms with Crippen LogP contribution in [0.4, 0.5) is 0 Å². The predicted octanol–water partition coefficient (Wildman–Crippen LogP) is 12.0. The molecular weight excluding hydrogens is 520 g/mol. The van der Waals surface area contributed by atoms with Crippen LogP contribution in [0.1, 0.15) is 213 Å². The Labute approximate surface area is 263 Å². The lowest BCUT2D eigenvalue weighted by molar-refractivity contribution is -0.154. The predicted molar refractivity (Wildman–Crippen MR) is 182 cm³/mol. The van der Waals surface area contributed by atoms with Gasteiger partial charge < -0.3 is 14.6 Å². The molecule has 0 aromatic heterocycles. The van der Waals surface area contributed by atoms with Gasteiger partial charge in [0.15, 0.2) is 0 Å². The number of hydrogen-bond acceptors (Lipinski definition) is 4. The number of hydrogen-bond donors (Lipinski definition) is 1. The van der Waals surface area contributed by atoms with E-state index in [9.17, 15) is 9.90 Å². The van der Waals surface area contributed by atoms with Crippen molar-refractivity contribution in [1.29, 1.82) is 0 Å². The summed E-state index contributed by atoms with van der Waals surface area (Å²) in [5.74, 6) is -0.198. The van der Waals surface area contributed by atoms with Gasteiger partial charge in [0, 0.05) is 13.0 Å². The summed E-state index contributed by atoms with van der Waals surface area (Å²) in [7, 11) is 0. The van der Waals surface area contributed by atoms with Crippen LogP contribution in [0.3, 0.4) is 0 Å². The first kappa shape index (κ1) is 41.4. The van der Waals surface area contributed by atoms with Crippen molar-refractivity contribution in [2.24, 2.45) is 0 Å². The smallest absolute Gasteiger partial charge is 0.306 e. The molecule has 0 aliphatic heterocycles. The molecule has 0 aliphatic carbocycles. The molecule has 4 heteroatoms. The number of esters is 1. The van der Waals surface area contributed by atoms with Crippen molar-refractivity contribution in [3.63, 3.8) is 0 Å². The van der Waals surface area contributed by atoms with Crippen LogP contribution in [0, 0.1) is 0 Å². The van der Waals surface area contributed by atoms with Gasteiger partial charge in [-0.1, -0.05) is 194 Å². The number of aliphatic hydroxyl groups excluding tert-OH is 1. The molecule has 0 spiro atoms. The summed E-state index contributed by atoms with van der Waals surface area (Å²) in [4.78, 5) is 12.1. The molecular formula is C38H76O4. The minimum absolute atomic E-state index is 0.164. The Hall–Kier alpha value is -0.610. The minimum atomic E-state index is -0.522. The molecule has 0 aliphatic rings. The standard InChI is InChI=1S/C38H76O4/c1-3-5-7-9-11-13-15-16-17-18-19-20-21-22-23-24-26-28-30-32-34-41-36-37(35-39)42-38(40)33-31-29-27-25-14-12-10-8-6-4-2/h37,39H,3-36H2,1-2H3. The molecule has 0 aromatic carbocycles. The Morgan fingerprint density at radius 3 is 1.12 bits per heavy atom. The van der Waals surface area contributed by atoms with Crippen LogP contribution in [-0.2, 0) is 14.3 Å². The second-order valence-corrected chi connectivity index (χ2v) is 13.0. The lowest BCUT2D eigenvalue weighted by atomic mass is 10.0. The zero-order valence-corrected chi connectivity index (χ0v) is 28.8. The van der Waals surface area contributed by atoms with Gasteiger partial charge in [0.25, 0.3) is 0 Å². The highest BCUT2D eigenvalue weighted by Crippen LogP contribution is 2.15. The quantitative estimate of drug-likeness (QED) is 0.0577. The maximum atomic E-state index is 12.1. The van der Waals surface area contributed by atoms with Gasteiger partial charge >= 0.3 is 5.97 Å². The lowest BCUT2D eigenvalue weighted by Gasteiger charge is -2.16. The van der Waals surface area contributed by atoms with Gasteiger partial charge in [-0.3, -0.25) is 4.79 Å². The van der Waals surface area contributed by atoms with E-state index in [1.807, 2.05) is 0 Å². The second kappa shape index (κ2) is 36.6.